The fourth-order valence-electron chi connectivity index (χ4n) is 2.83. The van der Waals surface area contributed by atoms with Crippen molar-refractivity contribution in [3.8, 4) is 11.5 Å². The minimum atomic E-state index is -1.16. The standard InChI is InChI=1S/C18H21NO6S/c1-5-26-18-15(12(9-14(20)21)17(23)19(18)2)16(22)11-7-6-10(24-3)8-13(11)25-4/h6-8,18H,5,9H2,1-4H3,(H,20,21). The average Bonchev–Trinajstić information content (AvgIpc) is 2.85. The summed E-state index contributed by atoms with van der Waals surface area (Å²) in [4.78, 5) is 38.4. The third-order valence-corrected chi connectivity index (χ3v) is 5.25. The summed E-state index contributed by atoms with van der Waals surface area (Å²) in [6, 6.07) is 4.75. The summed E-state index contributed by atoms with van der Waals surface area (Å²) in [7, 11) is 4.51. The number of likely N-dealkylation sites (N-methyl/N-ethyl adjacent to an activating group) is 1. The molecule has 1 aromatic carbocycles. The molecule has 0 radical (unpaired) electrons. The molecule has 1 unspecified atom stereocenters. The molecule has 1 heterocycles. The second kappa shape index (κ2) is 8.27. The van der Waals surface area contributed by atoms with Crippen molar-refractivity contribution >= 4 is 29.4 Å². The zero-order valence-electron chi connectivity index (χ0n) is 15.1. The van der Waals surface area contributed by atoms with Gasteiger partial charge in [-0.2, -0.15) is 0 Å². The van der Waals surface area contributed by atoms with Crippen molar-refractivity contribution in [1.29, 1.82) is 0 Å². The summed E-state index contributed by atoms with van der Waals surface area (Å²) in [6.07, 6.45) is -0.497. The Kier molecular flexibility index (Phi) is 6.31. The van der Waals surface area contributed by atoms with E-state index >= 15 is 0 Å². The number of amides is 1. The Hall–Kier alpha value is -2.48. The van der Waals surface area contributed by atoms with Gasteiger partial charge in [-0.15, -0.1) is 11.8 Å². The predicted molar refractivity (Wildman–Crippen MR) is 97.8 cm³/mol. The second-order valence-electron chi connectivity index (χ2n) is 5.58. The molecule has 0 fully saturated rings. The third kappa shape index (κ3) is 3.70. The van der Waals surface area contributed by atoms with Crippen molar-refractivity contribution in [2.24, 2.45) is 0 Å². The molecule has 8 heteroatoms. The lowest BCUT2D eigenvalue weighted by atomic mass is 9.97. The topological polar surface area (TPSA) is 93.1 Å². The van der Waals surface area contributed by atoms with Crippen molar-refractivity contribution in [1.82, 2.24) is 4.90 Å². The lowest BCUT2D eigenvalue weighted by Crippen LogP contribution is -2.31. The molecule has 1 aromatic rings. The lowest BCUT2D eigenvalue weighted by molar-refractivity contribution is -0.137. The highest BCUT2D eigenvalue weighted by atomic mass is 32.2. The van der Waals surface area contributed by atoms with E-state index in [4.69, 9.17) is 14.6 Å². The van der Waals surface area contributed by atoms with Gasteiger partial charge in [-0.3, -0.25) is 14.4 Å². The van der Waals surface area contributed by atoms with Crippen molar-refractivity contribution in [3.05, 3.63) is 34.9 Å². The van der Waals surface area contributed by atoms with Crippen LogP contribution < -0.4 is 9.47 Å². The van der Waals surface area contributed by atoms with Crippen LogP contribution >= 0.6 is 11.8 Å². The summed E-state index contributed by atoms with van der Waals surface area (Å²) >= 11 is 1.40. The number of carboxylic acids is 1. The van der Waals surface area contributed by atoms with Gasteiger partial charge in [0.1, 0.15) is 16.9 Å². The second-order valence-corrected chi connectivity index (χ2v) is 6.94. The first-order valence-electron chi connectivity index (χ1n) is 7.96. The van der Waals surface area contributed by atoms with Gasteiger partial charge < -0.3 is 19.5 Å². The van der Waals surface area contributed by atoms with Crippen LogP contribution in [-0.2, 0) is 9.59 Å². The van der Waals surface area contributed by atoms with E-state index in [0.29, 0.717) is 17.3 Å². The van der Waals surface area contributed by atoms with Gasteiger partial charge in [-0.25, -0.2) is 0 Å². The number of aliphatic carboxylic acids is 1. The van der Waals surface area contributed by atoms with Gasteiger partial charge in [0.05, 0.1) is 26.2 Å². The highest BCUT2D eigenvalue weighted by Gasteiger charge is 2.41. The van der Waals surface area contributed by atoms with E-state index in [2.05, 4.69) is 0 Å². The van der Waals surface area contributed by atoms with Crippen LogP contribution in [-0.4, -0.2) is 60.1 Å². The molecule has 7 nitrogen and oxygen atoms in total. The van der Waals surface area contributed by atoms with E-state index in [0.717, 1.165) is 0 Å². The van der Waals surface area contributed by atoms with Crippen molar-refractivity contribution in [2.75, 3.05) is 27.0 Å². The Labute approximate surface area is 156 Å². The van der Waals surface area contributed by atoms with E-state index in [1.807, 2.05) is 6.92 Å². The first-order valence-corrected chi connectivity index (χ1v) is 9.00. The van der Waals surface area contributed by atoms with Crippen LogP contribution in [0.4, 0.5) is 0 Å². The van der Waals surface area contributed by atoms with Crippen LogP contribution in [0, 0.1) is 0 Å². The number of methoxy groups -OCH3 is 2. The molecule has 1 N–H and O–H groups in total. The van der Waals surface area contributed by atoms with Crippen molar-refractivity contribution in [2.45, 2.75) is 18.7 Å². The minimum absolute atomic E-state index is 0.0221. The largest absolute Gasteiger partial charge is 0.497 e. The fourth-order valence-corrected chi connectivity index (χ4v) is 3.88. The Balaban J connectivity index is 2.59. The minimum Gasteiger partial charge on any atom is -0.497 e. The molecule has 0 aromatic heterocycles. The molecule has 1 aliphatic heterocycles. The normalized spacial score (nSPS) is 16.8. The SMILES string of the molecule is CCSC1C(C(=O)c2ccc(OC)cc2OC)=C(CC(=O)O)C(=O)N1C. The molecule has 1 atom stereocenters. The smallest absolute Gasteiger partial charge is 0.308 e. The van der Waals surface area contributed by atoms with Crippen molar-refractivity contribution < 1.29 is 29.0 Å². The van der Waals surface area contributed by atoms with Gasteiger partial charge in [-0.1, -0.05) is 6.92 Å². The molecule has 1 aliphatic rings. The number of hydrogen-bond acceptors (Lipinski definition) is 6. The number of rotatable bonds is 8. The monoisotopic (exact) mass is 379 g/mol. The number of Topliss-reactive ketones (excluding diaryl/α,β-unsaturated/α-hetero) is 1. The maximum atomic E-state index is 13.2. The van der Waals surface area contributed by atoms with Gasteiger partial charge in [0.2, 0.25) is 0 Å². The first kappa shape index (κ1) is 19.8. The molecule has 140 valence electrons. The van der Waals surface area contributed by atoms with Crippen LogP contribution in [0.15, 0.2) is 29.3 Å². The highest BCUT2D eigenvalue weighted by molar-refractivity contribution is 8.00. The molecule has 1 amide bonds. The van der Waals surface area contributed by atoms with Crippen LogP contribution in [0.25, 0.3) is 0 Å². The quantitative estimate of drug-likeness (QED) is 0.692. The number of carboxylic acid groups (broad SMARTS) is 1. The van der Waals surface area contributed by atoms with E-state index in [1.165, 1.54) is 30.9 Å². The summed E-state index contributed by atoms with van der Waals surface area (Å²) in [5.41, 5.74) is 0.486. The number of ether oxygens (including phenoxy) is 2. The Morgan fingerprint density at radius 3 is 2.50 bits per heavy atom. The summed E-state index contributed by atoms with van der Waals surface area (Å²) < 4.78 is 10.4. The number of hydrogen-bond donors (Lipinski definition) is 1. The molecule has 0 saturated carbocycles. The molecule has 0 aliphatic carbocycles. The number of carbonyl (C=O) groups excluding carboxylic acids is 2. The average molecular weight is 379 g/mol. The lowest BCUT2D eigenvalue weighted by Gasteiger charge is -2.22. The van der Waals surface area contributed by atoms with Gasteiger partial charge in [0, 0.05) is 24.3 Å². The zero-order valence-corrected chi connectivity index (χ0v) is 15.9. The zero-order chi connectivity index (χ0) is 19.4. The fraction of sp³-hybridized carbons (Fsp3) is 0.389. The predicted octanol–water partition coefficient (Wildman–Crippen LogP) is 2.21. The van der Waals surface area contributed by atoms with Crippen LogP contribution in [0.2, 0.25) is 0 Å². The molecule has 0 bridgehead atoms. The van der Waals surface area contributed by atoms with Gasteiger partial charge >= 0.3 is 5.97 Å². The van der Waals surface area contributed by atoms with E-state index in [-0.39, 0.29) is 16.7 Å². The maximum absolute atomic E-state index is 13.2. The summed E-state index contributed by atoms with van der Waals surface area (Å²) in [6.45, 7) is 1.91. The van der Waals surface area contributed by atoms with E-state index in [1.54, 1.807) is 25.2 Å². The first-order chi connectivity index (χ1) is 12.3. The Morgan fingerprint density at radius 2 is 1.96 bits per heavy atom. The van der Waals surface area contributed by atoms with Gasteiger partial charge in [0.25, 0.3) is 5.91 Å². The highest BCUT2D eigenvalue weighted by Crippen LogP contribution is 2.38. The number of carbonyl (C=O) groups is 3. The third-order valence-electron chi connectivity index (χ3n) is 4.05. The molecule has 2 rings (SSSR count). The number of ketones is 1. The summed E-state index contributed by atoms with van der Waals surface area (Å²) in [5, 5.41) is 8.64. The van der Waals surface area contributed by atoms with Crippen LogP contribution in [0.5, 0.6) is 11.5 Å². The van der Waals surface area contributed by atoms with Crippen LogP contribution in [0.1, 0.15) is 23.7 Å². The molecule has 0 spiro atoms. The Morgan fingerprint density at radius 1 is 1.27 bits per heavy atom. The number of thioether (sulfide) groups is 1. The van der Waals surface area contributed by atoms with Gasteiger partial charge in [0.15, 0.2) is 5.78 Å². The molecule has 26 heavy (non-hydrogen) atoms. The molecular weight excluding hydrogens is 358 g/mol. The van der Waals surface area contributed by atoms with Crippen molar-refractivity contribution in [3.63, 3.8) is 0 Å². The number of nitrogens with zero attached hydrogens (tertiary/aromatic N) is 1. The van der Waals surface area contributed by atoms with E-state index in [9.17, 15) is 14.4 Å². The molecule has 0 saturated heterocycles. The Bertz CT molecular complexity index is 773. The molecular formula is C18H21NO6S. The maximum Gasteiger partial charge on any atom is 0.308 e. The number of benzene rings is 1. The van der Waals surface area contributed by atoms with Crippen LogP contribution in [0.3, 0.4) is 0 Å². The van der Waals surface area contributed by atoms with E-state index < -0.39 is 29.5 Å². The van der Waals surface area contributed by atoms with Gasteiger partial charge in [-0.05, 0) is 17.9 Å². The summed E-state index contributed by atoms with van der Waals surface area (Å²) in [5.74, 6) is -0.510.